The van der Waals surface area contributed by atoms with Crippen molar-refractivity contribution in [3.63, 3.8) is 0 Å². The fourth-order valence-electron chi connectivity index (χ4n) is 2.42. The molecule has 0 spiro atoms. The molecule has 1 aromatic rings. The summed E-state index contributed by atoms with van der Waals surface area (Å²) in [6.45, 7) is 6.31. The van der Waals surface area contributed by atoms with Gasteiger partial charge in [-0.2, -0.15) is 0 Å². The molecule has 0 aliphatic carbocycles. The number of anilines is 1. The Hall–Kier alpha value is -1.13. The fourth-order valence-corrected chi connectivity index (χ4v) is 2.42. The lowest BCUT2D eigenvalue weighted by atomic mass is 10.1. The van der Waals surface area contributed by atoms with Gasteiger partial charge in [0.25, 0.3) is 0 Å². The molecule has 1 unspecified atom stereocenters. The van der Waals surface area contributed by atoms with E-state index in [1.807, 2.05) is 18.0 Å². The van der Waals surface area contributed by atoms with E-state index in [0.717, 1.165) is 18.6 Å². The van der Waals surface area contributed by atoms with Crippen molar-refractivity contribution >= 4 is 5.69 Å². The van der Waals surface area contributed by atoms with Gasteiger partial charge in [-0.3, -0.25) is 0 Å². The molecule has 0 amide bonds. The van der Waals surface area contributed by atoms with E-state index in [0.29, 0.717) is 24.9 Å². The quantitative estimate of drug-likeness (QED) is 0.886. The van der Waals surface area contributed by atoms with Crippen LogP contribution in [0, 0.1) is 5.82 Å². The van der Waals surface area contributed by atoms with Crippen molar-refractivity contribution in [1.29, 1.82) is 0 Å². The Labute approximate surface area is 114 Å². The molecule has 0 bridgehead atoms. The highest BCUT2D eigenvalue weighted by molar-refractivity contribution is 5.55. The Morgan fingerprint density at radius 2 is 2.26 bits per heavy atom. The second kappa shape index (κ2) is 6.35. The van der Waals surface area contributed by atoms with E-state index < -0.39 is 0 Å². The van der Waals surface area contributed by atoms with Crippen molar-refractivity contribution in [2.45, 2.75) is 38.9 Å². The summed E-state index contributed by atoms with van der Waals surface area (Å²) < 4.78 is 19.6. The molecule has 4 heteroatoms. The molecule has 1 aliphatic rings. The van der Waals surface area contributed by atoms with E-state index >= 15 is 0 Å². The standard InChI is InChI=1S/C15H23FN2O/c1-11(2)17-9-12-5-4-6-14(16)15(12)18(3)13-7-8-19-10-13/h4-6,11,13,17H,7-10H2,1-3H3. The fraction of sp³-hybridized carbons (Fsp3) is 0.600. The molecular formula is C15H23FN2O. The first kappa shape index (κ1) is 14.3. The molecule has 1 heterocycles. The molecule has 1 N–H and O–H groups in total. The zero-order chi connectivity index (χ0) is 13.8. The number of halogens is 1. The summed E-state index contributed by atoms with van der Waals surface area (Å²) in [6.07, 6.45) is 0.960. The van der Waals surface area contributed by atoms with Gasteiger partial charge in [-0.05, 0) is 18.1 Å². The molecule has 1 aromatic carbocycles. The Balaban J connectivity index is 2.21. The minimum atomic E-state index is -0.155. The maximum atomic E-state index is 14.2. The molecular weight excluding hydrogens is 243 g/mol. The van der Waals surface area contributed by atoms with Gasteiger partial charge in [-0.1, -0.05) is 26.0 Å². The Kier molecular flexibility index (Phi) is 4.77. The van der Waals surface area contributed by atoms with E-state index in [9.17, 15) is 4.39 Å². The van der Waals surface area contributed by atoms with Gasteiger partial charge in [0.2, 0.25) is 0 Å². The number of benzene rings is 1. The zero-order valence-electron chi connectivity index (χ0n) is 11.9. The van der Waals surface area contributed by atoms with Crippen molar-refractivity contribution in [3.8, 4) is 0 Å². The van der Waals surface area contributed by atoms with Crippen LogP contribution in [0.5, 0.6) is 0 Å². The van der Waals surface area contributed by atoms with Gasteiger partial charge in [-0.15, -0.1) is 0 Å². The lowest BCUT2D eigenvalue weighted by Gasteiger charge is -2.28. The first-order valence-corrected chi connectivity index (χ1v) is 6.91. The minimum Gasteiger partial charge on any atom is -0.379 e. The molecule has 1 atom stereocenters. The lowest BCUT2D eigenvalue weighted by molar-refractivity contribution is 0.193. The summed E-state index contributed by atoms with van der Waals surface area (Å²) in [5.74, 6) is -0.155. The van der Waals surface area contributed by atoms with Gasteiger partial charge in [-0.25, -0.2) is 4.39 Å². The smallest absolute Gasteiger partial charge is 0.146 e. The van der Waals surface area contributed by atoms with Crippen LogP contribution in [0.25, 0.3) is 0 Å². The van der Waals surface area contributed by atoms with Crippen LogP contribution in [-0.2, 0) is 11.3 Å². The molecule has 3 nitrogen and oxygen atoms in total. The van der Waals surface area contributed by atoms with Crippen molar-refractivity contribution in [1.82, 2.24) is 5.32 Å². The Morgan fingerprint density at radius 1 is 1.47 bits per heavy atom. The molecule has 106 valence electrons. The minimum absolute atomic E-state index is 0.155. The number of rotatable bonds is 5. The number of hydrogen-bond acceptors (Lipinski definition) is 3. The SMILES string of the molecule is CC(C)NCc1cccc(F)c1N(C)C1CCOC1. The number of nitrogens with zero attached hydrogens (tertiary/aromatic N) is 1. The number of hydrogen-bond donors (Lipinski definition) is 1. The first-order chi connectivity index (χ1) is 9.09. The van der Waals surface area contributed by atoms with Gasteiger partial charge < -0.3 is 15.0 Å². The van der Waals surface area contributed by atoms with Gasteiger partial charge in [0, 0.05) is 26.2 Å². The van der Waals surface area contributed by atoms with Crippen molar-refractivity contribution < 1.29 is 9.13 Å². The summed E-state index contributed by atoms with van der Waals surface area (Å²) >= 11 is 0. The number of ether oxygens (including phenoxy) is 1. The van der Waals surface area contributed by atoms with E-state index in [4.69, 9.17) is 4.74 Å². The molecule has 0 aromatic heterocycles. The molecule has 19 heavy (non-hydrogen) atoms. The zero-order valence-corrected chi connectivity index (χ0v) is 11.9. The van der Waals surface area contributed by atoms with Gasteiger partial charge in [0.15, 0.2) is 0 Å². The van der Waals surface area contributed by atoms with Gasteiger partial charge in [0.05, 0.1) is 18.3 Å². The van der Waals surface area contributed by atoms with Crippen LogP contribution in [0.4, 0.5) is 10.1 Å². The lowest BCUT2D eigenvalue weighted by Crippen LogP contribution is -2.34. The topological polar surface area (TPSA) is 24.5 Å². The van der Waals surface area contributed by atoms with Crippen LogP contribution in [-0.4, -0.2) is 32.3 Å². The summed E-state index contributed by atoms with van der Waals surface area (Å²) in [6, 6.07) is 5.95. The normalized spacial score (nSPS) is 19.1. The van der Waals surface area contributed by atoms with Crippen LogP contribution in [0.15, 0.2) is 18.2 Å². The summed E-state index contributed by atoms with van der Waals surface area (Å²) in [4.78, 5) is 2.03. The summed E-state index contributed by atoms with van der Waals surface area (Å²) in [5.41, 5.74) is 1.70. The highest BCUT2D eigenvalue weighted by atomic mass is 19.1. The third-order valence-corrected chi connectivity index (χ3v) is 3.58. The van der Waals surface area contributed by atoms with Crippen LogP contribution in [0.2, 0.25) is 0 Å². The van der Waals surface area contributed by atoms with Crippen LogP contribution >= 0.6 is 0 Å². The van der Waals surface area contributed by atoms with Crippen molar-refractivity contribution in [2.75, 3.05) is 25.2 Å². The number of likely N-dealkylation sites (N-methyl/N-ethyl adjacent to an activating group) is 1. The van der Waals surface area contributed by atoms with E-state index in [1.54, 1.807) is 6.07 Å². The molecule has 0 radical (unpaired) electrons. The van der Waals surface area contributed by atoms with Crippen LogP contribution in [0.3, 0.4) is 0 Å². The number of para-hydroxylation sites is 1. The number of nitrogens with one attached hydrogen (secondary N) is 1. The molecule has 1 aliphatic heterocycles. The van der Waals surface area contributed by atoms with Crippen molar-refractivity contribution in [3.05, 3.63) is 29.6 Å². The molecule has 2 rings (SSSR count). The highest BCUT2D eigenvalue weighted by Gasteiger charge is 2.24. The average Bonchev–Trinajstić information content (AvgIpc) is 2.89. The second-order valence-electron chi connectivity index (χ2n) is 5.41. The third kappa shape index (κ3) is 3.45. The van der Waals surface area contributed by atoms with Crippen LogP contribution in [0.1, 0.15) is 25.8 Å². The Morgan fingerprint density at radius 3 is 2.89 bits per heavy atom. The van der Waals surface area contributed by atoms with Gasteiger partial charge in [0.1, 0.15) is 5.82 Å². The molecule has 0 saturated carbocycles. The largest absolute Gasteiger partial charge is 0.379 e. The summed E-state index contributed by atoms with van der Waals surface area (Å²) in [5, 5.41) is 3.35. The predicted octanol–water partition coefficient (Wildman–Crippen LogP) is 2.55. The maximum Gasteiger partial charge on any atom is 0.146 e. The van der Waals surface area contributed by atoms with Gasteiger partial charge >= 0.3 is 0 Å². The third-order valence-electron chi connectivity index (χ3n) is 3.58. The van der Waals surface area contributed by atoms with E-state index in [-0.39, 0.29) is 11.9 Å². The monoisotopic (exact) mass is 266 g/mol. The van der Waals surface area contributed by atoms with Crippen molar-refractivity contribution in [2.24, 2.45) is 0 Å². The average molecular weight is 266 g/mol. The molecule has 1 fully saturated rings. The van der Waals surface area contributed by atoms with Crippen LogP contribution < -0.4 is 10.2 Å². The molecule has 1 saturated heterocycles. The second-order valence-corrected chi connectivity index (χ2v) is 5.41. The maximum absolute atomic E-state index is 14.2. The first-order valence-electron chi connectivity index (χ1n) is 6.91. The van der Waals surface area contributed by atoms with E-state index in [2.05, 4.69) is 19.2 Å². The Bertz CT molecular complexity index is 417. The summed E-state index contributed by atoms with van der Waals surface area (Å²) in [7, 11) is 1.95. The highest BCUT2D eigenvalue weighted by Crippen LogP contribution is 2.27. The predicted molar refractivity (Wildman–Crippen MR) is 76.0 cm³/mol. The van der Waals surface area contributed by atoms with E-state index in [1.165, 1.54) is 6.07 Å².